The maximum Gasteiger partial charge on any atom is 0.253 e. The van der Waals surface area contributed by atoms with Gasteiger partial charge in [0, 0.05) is 31.7 Å². The molecule has 0 aromatic heterocycles. The molecular weight excluding hydrogens is 372 g/mol. The molecule has 30 heavy (non-hydrogen) atoms. The van der Waals surface area contributed by atoms with E-state index >= 15 is 0 Å². The Kier molecular flexibility index (Phi) is 7.28. The average Bonchev–Trinajstić information content (AvgIpc) is 2.80. The lowest BCUT2D eigenvalue weighted by Gasteiger charge is -2.28. The first-order chi connectivity index (χ1) is 14.6. The summed E-state index contributed by atoms with van der Waals surface area (Å²) in [5.74, 6) is 0.915. The van der Waals surface area contributed by atoms with Gasteiger partial charge in [0.25, 0.3) is 5.91 Å². The van der Waals surface area contributed by atoms with Crippen molar-refractivity contribution in [2.45, 2.75) is 33.1 Å². The van der Waals surface area contributed by atoms with E-state index in [1.54, 1.807) is 6.08 Å². The number of nitrogens with two attached hydrogens (primary N) is 1. The Morgan fingerprint density at radius 3 is 2.47 bits per heavy atom. The zero-order chi connectivity index (χ0) is 21.5. The van der Waals surface area contributed by atoms with E-state index in [2.05, 4.69) is 11.5 Å². The molecule has 0 aliphatic carbocycles. The molecule has 1 fully saturated rings. The number of anilines is 1. The van der Waals surface area contributed by atoms with E-state index in [9.17, 15) is 4.79 Å². The van der Waals surface area contributed by atoms with E-state index in [-0.39, 0.29) is 5.91 Å². The van der Waals surface area contributed by atoms with Crippen molar-refractivity contribution in [2.75, 3.05) is 31.9 Å². The number of hydrogen-bond donors (Lipinski definition) is 1. The van der Waals surface area contributed by atoms with Gasteiger partial charge >= 0.3 is 0 Å². The molecule has 0 saturated carbocycles. The van der Waals surface area contributed by atoms with Gasteiger partial charge < -0.3 is 15.5 Å². The first kappa shape index (κ1) is 21.6. The predicted octanol–water partition coefficient (Wildman–Crippen LogP) is 5.12. The smallest absolute Gasteiger partial charge is 0.253 e. The van der Waals surface area contributed by atoms with Gasteiger partial charge in [-0.3, -0.25) is 4.79 Å². The number of nitrogens with zero attached hydrogens (tertiary/aromatic N) is 3. The summed E-state index contributed by atoms with van der Waals surface area (Å²) in [6.45, 7) is 11.3. The number of carbonyl (C=O) groups excluding carboxylic acids is 1. The van der Waals surface area contributed by atoms with Crippen LogP contribution in [0.1, 0.15) is 43.5 Å². The van der Waals surface area contributed by atoms with Crippen molar-refractivity contribution >= 4 is 23.1 Å². The van der Waals surface area contributed by atoms with E-state index < -0.39 is 0 Å². The third-order valence-electron chi connectivity index (χ3n) is 5.62. The normalized spacial score (nSPS) is 14.5. The first-order valence-electron chi connectivity index (χ1n) is 10.8. The number of piperidine rings is 1. The lowest BCUT2D eigenvalue weighted by atomic mass is 10.0. The molecule has 1 saturated heterocycles. The van der Waals surface area contributed by atoms with Gasteiger partial charge in [-0.2, -0.15) is 0 Å². The highest BCUT2D eigenvalue weighted by atomic mass is 16.2. The molecular formula is C25H32N4O. The SMILES string of the molecule is C=C/C(=N\c1cc(-c2cccc(C(=O)N(CC)CC)c2)ccc1N)N1CCCCC1. The van der Waals surface area contributed by atoms with Crippen molar-refractivity contribution < 1.29 is 4.79 Å². The van der Waals surface area contributed by atoms with Crippen LogP contribution in [0.2, 0.25) is 0 Å². The molecule has 158 valence electrons. The molecule has 1 aliphatic heterocycles. The van der Waals surface area contributed by atoms with Crippen LogP contribution in [0.3, 0.4) is 0 Å². The summed E-state index contributed by atoms with van der Waals surface area (Å²) in [6.07, 6.45) is 5.42. The van der Waals surface area contributed by atoms with Gasteiger partial charge in [0.1, 0.15) is 5.84 Å². The Morgan fingerprint density at radius 1 is 1.10 bits per heavy atom. The fraction of sp³-hybridized carbons (Fsp3) is 0.360. The second kappa shape index (κ2) is 10.1. The largest absolute Gasteiger partial charge is 0.397 e. The van der Waals surface area contributed by atoms with Crippen molar-refractivity contribution in [1.29, 1.82) is 0 Å². The van der Waals surface area contributed by atoms with Gasteiger partial charge in [-0.25, -0.2) is 4.99 Å². The lowest BCUT2D eigenvalue weighted by Crippen LogP contribution is -2.34. The zero-order valence-corrected chi connectivity index (χ0v) is 18.1. The Bertz CT molecular complexity index is 924. The highest BCUT2D eigenvalue weighted by molar-refractivity contribution is 5.97. The van der Waals surface area contributed by atoms with Crippen LogP contribution in [-0.4, -0.2) is 47.7 Å². The summed E-state index contributed by atoms with van der Waals surface area (Å²) in [6, 6.07) is 13.6. The van der Waals surface area contributed by atoms with Gasteiger partial charge in [-0.15, -0.1) is 0 Å². The van der Waals surface area contributed by atoms with E-state index in [0.29, 0.717) is 24.3 Å². The number of rotatable bonds is 6. The van der Waals surface area contributed by atoms with Crippen molar-refractivity contribution in [3.05, 3.63) is 60.7 Å². The second-order valence-electron chi connectivity index (χ2n) is 7.55. The number of amidine groups is 1. The van der Waals surface area contributed by atoms with E-state index in [1.807, 2.05) is 61.2 Å². The molecule has 0 unspecified atom stereocenters. The molecule has 1 aliphatic rings. The minimum absolute atomic E-state index is 0.0505. The molecule has 5 nitrogen and oxygen atoms in total. The van der Waals surface area contributed by atoms with Gasteiger partial charge in [0.05, 0.1) is 11.4 Å². The zero-order valence-electron chi connectivity index (χ0n) is 18.1. The van der Waals surface area contributed by atoms with E-state index in [4.69, 9.17) is 10.7 Å². The maximum atomic E-state index is 12.7. The number of benzene rings is 2. The summed E-state index contributed by atoms with van der Waals surface area (Å²) in [5, 5.41) is 0. The molecule has 1 amide bonds. The second-order valence-corrected chi connectivity index (χ2v) is 7.55. The topological polar surface area (TPSA) is 61.9 Å². The molecule has 3 rings (SSSR count). The molecule has 0 spiro atoms. The molecule has 1 heterocycles. The van der Waals surface area contributed by atoms with Crippen LogP contribution >= 0.6 is 0 Å². The number of aliphatic imine (C=N–C) groups is 1. The van der Waals surface area contributed by atoms with Crippen molar-refractivity contribution in [2.24, 2.45) is 4.99 Å². The van der Waals surface area contributed by atoms with Crippen LogP contribution in [0.4, 0.5) is 11.4 Å². The Labute approximate surface area is 179 Å². The van der Waals surface area contributed by atoms with Gasteiger partial charge in [-0.05, 0) is 74.6 Å². The summed E-state index contributed by atoms with van der Waals surface area (Å²) < 4.78 is 0. The van der Waals surface area contributed by atoms with Gasteiger partial charge in [-0.1, -0.05) is 24.8 Å². The van der Waals surface area contributed by atoms with Gasteiger partial charge in [0.2, 0.25) is 0 Å². The molecule has 2 aromatic rings. The molecule has 0 atom stereocenters. The number of amides is 1. The van der Waals surface area contributed by atoms with Crippen LogP contribution in [-0.2, 0) is 0 Å². The predicted molar refractivity (Wildman–Crippen MR) is 126 cm³/mol. The summed E-state index contributed by atoms with van der Waals surface area (Å²) >= 11 is 0. The van der Waals surface area contributed by atoms with E-state index in [1.165, 1.54) is 19.3 Å². The number of likely N-dealkylation sites (tertiary alicyclic amines) is 1. The first-order valence-corrected chi connectivity index (χ1v) is 10.8. The fourth-order valence-corrected chi connectivity index (χ4v) is 3.84. The third kappa shape index (κ3) is 4.90. The van der Waals surface area contributed by atoms with Crippen molar-refractivity contribution in [1.82, 2.24) is 9.80 Å². The Balaban J connectivity index is 1.93. The third-order valence-corrected chi connectivity index (χ3v) is 5.62. The monoisotopic (exact) mass is 404 g/mol. The standard InChI is InChI=1S/C25H32N4O/c1-4-24(29-15-8-7-9-16-29)27-23-18-20(13-14-22(23)26)19-11-10-12-21(17-19)25(30)28(5-2)6-3/h4,10-14,17-18H,1,5-9,15-16,26H2,2-3H3/b27-24+. The van der Waals surface area contributed by atoms with Crippen molar-refractivity contribution in [3.63, 3.8) is 0 Å². The van der Waals surface area contributed by atoms with Crippen LogP contribution < -0.4 is 5.73 Å². The number of hydrogen-bond acceptors (Lipinski definition) is 3. The molecule has 2 aromatic carbocycles. The Morgan fingerprint density at radius 2 is 1.80 bits per heavy atom. The fourth-order valence-electron chi connectivity index (χ4n) is 3.84. The quantitative estimate of drug-likeness (QED) is 0.413. The van der Waals surface area contributed by atoms with E-state index in [0.717, 1.165) is 35.7 Å². The maximum absolute atomic E-state index is 12.7. The van der Waals surface area contributed by atoms with Crippen LogP contribution in [0.25, 0.3) is 11.1 Å². The number of carbonyl (C=O) groups is 1. The highest BCUT2D eigenvalue weighted by Gasteiger charge is 2.15. The molecule has 5 heteroatoms. The molecule has 2 N–H and O–H groups in total. The molecule has 0 radical (unpaired) electrons. The summed E-state index contributed by atoms with van der Waals surface area (Å²) in [4.78, 5) is 21.7. The lowest BCUT2D eigenvalue weighted by molar-refractivity contribution is 0.0773. The average molecular weight is 405 g/mol. The minimum atomic E-state index is 0.0505. The van der Waals surface area contributed by atoms with Crippen molar-refractivity contribution in [3.8, 4) is 11.1 Å². The minimum Gasteiger partial charge on any atom is -0.397 e. The summed E-state index contributed by atoms with van der Waals surface area (Å²) in [7, 11) is 0. The van der Waals surface area contributed by atoms with Gasteiger partial charge in [0.15, 0.2) is 0 Å². The molecule has 0 bridgehead atoms. The van der Waals surface area contributed by atoms with Crippen LogP contribution in [0.5, 0.6) is 0 Å². The van der Waals surface area contributed by atoms with Crippen LogP contribution in [0, 0.1) is 0 Å². The highest BCUT2D eigenvalue weighted by Crippen LogP contribution is 2.30. The summed E-state index contributed by atoms with van der Waals surface area (Å²) in [5.41, 5.74) is 10.2. The van der Waals surface area contributed by atoms with Crippen LogP contribution in [0.15, 0.2) is 60.1 Å². The number of nitrogen functional groups attached to an aromatic ring is 1. The Hall–Kier alpha value is -3.08.